The molecule has 0 aliphatic rings. The van der Waals surface area contributed by atoms with E-state index >= 15 is 0 Å². The molecule has 4 heteroatoms. The van der Waals surface area contributed by atoms with E-state index in [1.807, 2.05) is 44.2 Å². The van der Waals surface area contributed by atoms with Gasteiger partial charge in [-0.2, -0.15) is 0 Å². The topological polar surface area (TPSA) is 63.5 Å². The summed E-state index contributed by atoms with van der Waals surface area (Å²) in [6.45, 7) is 4.04. The number of rotatable bonds is 3. The van der Waals surface area contributed by atoms with Gasteiger partial charge in [-0.3, -0.25) is 0 Å². The molecule has 0 aliphatic carbocycles. The lowest BCUT2D eigenvalue weighted by molar-refractivity contribution is -0.354. The molecule has 3 rings (SSSR count). The number of para-hydroxylation sites is 2. The average molecular weight is 293 g/mol. The number of aromatic nitrogens is 1. The lowest BCUT2D eigenvalue weighted by atomic mass is 10.1. The van der Waals surface area contributed by atoms with Crippen molar-refractivity contribution >= 4 is 28.2 Å². The van der Waals surface area contributed by atoms with Gasteiger partial charge in [-0.1, -0.05) is 24.3 Å². The molecule has 22 heavy (non-hydrogen) atoms. The number of fused-ring (bicyclic) bond motifs is 1. The van der Waals surface area contributed by atoms with Crippen LogP contribution < -0.4 is 10.3 Å². The fraction of sp³-hybridized carbons (Fsp3) is 0.111. The molecule has 0 radical (unpaired) electrons. The number of carbonyl (C=O) groups is 1. The highest BCUT2D eigenvalue weighted by Crippen LogP contribution is 2.28. The molecule has 1 aromatic heterocycles. The van der Waals surface area contributed by atoms with Crippen LogP contribution in [0.15, 0.2) is 48.5 Å². The van der Waals surface area contributed by atoms with Gasteiger partial charge < -0.3 is 10.4 Å². The number of pyridine rings is 1. The van der Waals surface area contributed by atoms with Crippen LogP contribution in [-0.2, 0) is 0 Å². The maximum absolute atomic E-state index is 11.4. The first-order chi connectivity index (χ1) is 10.6. The predicted octanol–water partition coefficient (Wildman–Crippen LogP) is 3.71. The number of aromatic amines is 1. The van der Waals surface area contributed by atoms with Gasteiger partial charge >= 0.3 is 5.97 Å². The van der Waals surface area contributed by atoms with Crippen molar-refractivity contribution in [1.29, 1.82) is 0 Å². The minimum atomic E-state index is -0.942. The third kappa shape index (κ3) is 2.51. The van der Waals surface area contributed by atoms with Crippen molar-refractivity contribution < 1.29 is 14.9 Å². The van der Waals surface area contributed by atoms with Crippen LogP contribution in [0.4, 0.5) is 11.4 Å². The average Bonchev–Trinajstić information content (AvgIpc) is 2.49. The number of nitrogens with one attached hydrogen (secondary N) is 2. The lowest BCUT2D eigenvalue weighted by Crippen LogP contribution is -2.12. The highest BCUT2D eigenvalue weighted by Gasteiger charge is 2.14. The molecule has 110 valence electrons. The molecule has 2 aromatic carbocycles. The second-order valence-corrected chi connectivity index (χ2v) is 5.34. The summed E-state index contributed by atoms with van der Waals surface area (Å²) in [7, 11) is 0. The monoisotopic (exact) mass is 293 g/mol. The van der Waals surface area contributed by atoms with E-state index in [0.717, 1.165) is 27.8 Å². The van der Waals surface area contributed by atoms with Crippen molar-refractivity contribution in [3.8, 4) is 0 Å². The number of carboxylic acid groups (broad SMARTS) is 1. The largest absolute Gasteiger partial charge is 0.478 e. The molecule has 0 unspecified atom stereocenters. The minimum absolute atomic E-state index is 0.258. The Kier molecular flexibility index (Phi) is 3.51. The van der Waals surface area contributed by atoms with Gasteiger partial charge in [-0.25, -0.2) is 9.78 Å². The first-order valence-corrected chi connectivity index (χ1v) is 7.08. The van der Waals surface area contributed by atoms with Crippen molar-refractivity contribution in [2.45, 2.75) is 13.8 Å². The van der Waals surface area contributed by atoms with E-state index in [2.05, 4.69) is 10.3 Å². The SMILES string of the molecule is Cc1cc(Nc2ccccc2C(=O)O)c2cccc(C)c2[nH+]1. The van der Waals surface area contributed by atoms with Gasteiger partial charge in [0.25, 0.3) is 0 Å². The molecule has 3 N–H and O–H groups in total. The van der Waals surface area contributed by atoms with Crippen molar-refractivity contribution in [2.75, 3.05) is 5.32 Å². The maximum atomic E-state index is 11.4. The van der Waals surface area contributed by atoms with Crippen LogP contribution in [0.2, 0.25) is 0 Å². The second kappa shape index (κ2) is 5.48. The molecule has 0 aliphatic heterocycles. The Labute approximate surface area is 128 Å². The Balaban J connectivity index is 2.16. The number of anilines is 2. The first-order valence-electron chi connectivity index (χ1n) is 7.08. The number of carboxylic acids is 1. The molecule has 0 bridgehead atoms. The summed E-state index contributed by atoms with van der Waals surface area (Å²) in [5, 5.41) is 13.6. The van der Waals surface area contributed by atoms with Gasteiger partial charge in [0.05, 0.1) is 22.3 Å². The van der Waals surface area contributed by atoms with Crippen LogP contribution in [0.5, 0.6) is 0 Å². The molecule has 1 heterocycles. The van der Waals surface area contributed by atoms with Crippen LogP contribution >= 0.6 is 0 Å². The Morgan fingerprint density at radius 1 is 1.05 bits per heavy atom. The predicted molar refractivity (Wildman–Crippen MR) is 86.7 cm³/mol. The summed E-state index contributed by atoms with van der Waals surface area (Å²) in [6, 6.07) is 15.0. The van der Waals surface area contributed by atoms with Crippen molar-refractivity contribution in [1.82, 2.24) is 0 Å². The van der Waals surface area contributed by atoms with Gasteiger partial charge in [-0.05, 0) is 25.1 Å². The van der Waals surface area contributed by atoms with E-state index in [1.54, 1.807) is 18.2 Å². The molecular formula is C18H17N2O2+. The number of aryl methyl sites for hydroxylation is 2. The molecule has 0 amide bonds. The van der Waals surface area contributed by atoms with Crippen LogP contribution in [-0.4, -0.2) is 11.1 Å². The van der Waals surface area contributed by atoms with E-state index in [1.165, 1.54) is 0 Å². The Morgan fingerprint density at radius 3 is 2.59 bits per heavy atom. The summed E-state index contributed by atoms with van der Waals surface area (Å²) in [5.41, 5.74) is 4.95. The van der Waals surface area contributed by atoms with Crippen molar-refractivity contribution in [3.63, 3.8) is 0 Å². The molecule has 0 atom stereocenters. The van der Waals surface area contributed by atoms with Gasteiger partial charge in [0.15, 0.2) is 5.69 Å². The normalized spacial score (nSPS) is 10.6. The van der Waals surface area contributed by atoms with Gasteiger partial charge in [0.1, 0.15) is 0 Å². The molecule has 0 fully saturated rings. The third-order valence-electron chi connectivity index (χ3n) is 3.67. The van der Waals surface area contributed by atoms with Gasteiger partial charge in [0.2, 0.25) is 5.52 Å². The Morgan fingerprint density at radius 2 is 1.82 bits per heavy atom. The molecule has 4 nitrogen and oxygen atoms in total. The Hall–Kier alpha value is -2.88. The van der Waals surface area contributed by atoms with Gasteiger partial charge in [-0.15, -0.1) is 0 Å². The zero-order valence-corrected chi connectivity index (χ0v) is 12.5. The summed E-state index contributed by atoms with van der Waals surface area (Å²) in [6.07, 6.45) is 0. The van der Waals surface area contributed by atoms with E-state index < -0.39 is 5.97 Å². The summed E-state index contributed by atoms with van der Waals surface area (Å²) < 4.78 is 0. The summed E-state index contributed by atoms with van der Waals surface area (Å²) in [5.74, 6) is -0.942. The smallest absolute Gasteiger partial charge is 0.337 e. The number of benzene rings is 2. The maximum Gasteiger partial charge on any atom is 0.337 e. The van der Waals surface area contributed by atoms with Crippen LogP contribution in [0.3, 0.4) is 0 Å². The highest BCUT2D eigenvalue weighted by molar-refractivity contribution is 5.98. The molecule has 0 saturated heterocycles. The van der Waals surface area contributed by atoms with E-state index in [4.69, 9.17) is 0 Å². The molecule has 0 spiro atoms. The summed E-state index contributed by atoms with van der Waals surface area (Å²) >= 11 is 0. The fourth-order valence-corrected chi connectivity index (χ4v) is 2.61. The quantitative estimate of drug-likeness (QED) is 0.773. The van der Waals surface area contributed by atoms with Crippen LogP contribution in [0, 0.1) is 13.8 Å². The molecular weight excluding hydrogens is 276 g/mol. The van der Waals surface area contributed by atoms with Gasteiger partial charge in [0, 0.05) is 18.6 Å². The number of hydrogen-bond donors (Lipinski definition) is 2. The standard InChI is InChI=1S/C18H16N2O2/c1-11-6-5-8-13-16(10-12(2)19-17(11)13)20-15-9-4-3-7-14(15)18(21)22/h3-10H,1-2H3,(H,19,20)(H,21,22)/p+1. The number of aromatic carboxylic acids is 1. The molecule has 3 aromatic rings. The first kappa shape index (κ1) is 14.1. The van der Waals surface area contributed by atoms with Crippen molar-refractivity contribution in [2.24, 2.45) is 0 Å². The Bertz CT molecular complexity index is 872. The third-order valence-corrected chi connectivity index (χ3v) is 3.67. The number of hydrogen-bond acceptors (Lipinski definition) is 2. The van der Waals surface area contributed by atoms with E-state index in [9.17, 15) is 9.90 Å². The zero-order valence-electron chi connectivity index (χ0n) is 12.5. The lowest BCUT2D eigenvalue weighted by Gasteiger charge is -2.11. The van der Waals surface area contributed by atoms with E-state index in [0.29, 0.717) is 5.69 Å². The molecule has 0 saturated carbocycles. The van der Waals surface area contributed by atoms with Crippen molar-refractivity contribution in [3.05, 3.63) is 65.4 Å². The van der Waals surface area contributed by atoms with Crippen LogP contribution in [0.25, 0.3) is 10.9 Å². The minimum Gasteiger partial charge on any atom is -0.478 e. The fourth-order valence-electron chi connectivity index (χ4n) is 2.61. The zero-order chi connectivity index (χ0) is 15.7. The highest BCUT2D eigenvalue weighted by atomic mass is 16.4. The van der Waals surface area contributed by atoms with E-state index in [-0.39, 0.29) is 5.56 Å². The summed E-state index contributed by atoms with van der Waals surface area (Å²) in [4.78, 5) is 14.7. The second-order valence-electron chi connectivity index (χ2n) is 5.34. The number of H-pyrrole nitrogens is 1. The van der Waals surface area contributed by atoms with Crippen LogP contribution in [0.1, 0.15) is 21.6 Å².